The SMILES string of the molecule is CCC(=O)CC(=NO)[C@H]1O[C@@H](OC)[C@@H]2OC(C)(C)O[C@@H]21. The summed E-state index contributed by atoms with van der Waals surface area (Å²) in [6.07, 6.45) is -1.72. The van der Waals surface area contributed by atoms with Crippen LogP contribution in [0.4, 0.5) is 0 Å². The monoisotopic (exact) mass is 287 g/mol. The van der Waals surface area contributed by atoms with Gasteiger partial charge in [-0.1, -0.05) is 12.1 Å². The number of Topliss-reactive ketones (excluding diaryl/α,β-unsaturated/α-hetero) is 1. The van der Waals surface area contributed by atoms with E-state index in [0.717, 1.165) is 0 Å². The van der Waals surface area contributed by atoms with Gasteiger partial charge >= 0.3 is 0 Å². The lowest BCUT2D eigenvalue weighted by Crippen LogP contribution is -2.36. The Labute approximate surface area is 117 Å². The lowest BCUT2D eigenvalue weighted by Gasteiger charge is -2.23. The molecular weight excluding hydrogens is 266 g/mol. The van der Waals surface area contributed by atoms with Gasteiger partial charge in [-0.15, -0.1) is 0 Å². The molecule has 7 nitrogen and oxygen atoms in total. The highest BCUT2D eigenvalue weighted by atomic mass is 16.8. The van der Waals surface area contributed by atoms with E-state index >= 15 is 0 Å². The number of hydrogen-bond acceptors (Lipinski definition) is 7. The number of fused-ring (bicyclic) bond motifs is 1. The van der Waals surface area contributed by atoms with Crippen LogP contribution in [0.2, 0.25) is 0 Å². The molecule has 0 amide bonds. The number of rotatable bonds is 5. The van der Waals surface area contributed by atoms with Crippen molar-refractivity contribution in [2.45, 2.75) is 64.0 Å². The van der Waals surface area contributed by atoms with Crippen LogP contribution < -0.4 is 0 Å². The molecule has 114 valence electrons. The molecule has 0 saturated carbocycles. The maximum absolute atomic E-state index is 11.6. The number of ketones is 1. The Balaban J connectivity index is 2.17. The minimum atomic E-state index is -0.760. The molecule has 0 spiro atoms. The molecule has 2 heterocycles. The van der Waals surface area contributed by atoms with Crippen molar-refractivity contribution in [3.05, 3.63) is 0 Å². The summed E-state index contributed by atoms with van der Waals surface area (Å²) >= 11 is 0. The molecule has 4 atom stereocenters. The third kappa shape index (κ3) is 2.85. The molecule has 2 aliphatic rings. The summed E-state index contributed by atoms with van der Waals surface area (Å²) in [6, 6.07) is 0. The maximum Gasteiger partial charge on any atom is 0.187 e. The summed E-state index contributed by atoms with van der Waals surface area (Å²) in [5.41, 5.74) is 0.243. The van der Waals surface area contributed by atoms with E-state index in [4.69, 9.17) is 24.2 Å². The van der Waals surface area contributed by atoms with E-state index in [1.54, 1.807) is 20.8 Å². The van der Waals surface area contributed by atoms with Gasteiger partial charge in [0.2, 0.25) is 0 Å². The van der Waals surface area contributed by atoms with Crippen LogP contribution >= 0.6 is 0 Å². The first-order valence-corrected chi connectivity index (χ1v) is 6.68. The molecule has 2 fully saturated rings. The molecule has 0 aromatic heterocycles. The van der Waals surface area contributed by atoms with Crippen LogP contribution in [0, 0.1) is 0 Å². The van der Waals surface area contributed by atoms with E-state index in [1.165, 1.54) is 7.11 Å². The average Bonchev–Trinajstić information content (AvgIpc) is 2.88. The van der Waals surface area contributed by atoms with E-state index in [9.17, 15) is 4.79 Å². The van der Waals surface area contributed by atoms with Crippen molar-refractivity contribution in [2.24, 2.45) is 5.16 Å². The van der Waals surface area contributed by atoms with Crippen LogP contribution in [-0.4, -0.2) is 54.2 Å². The third-order valence-electron chi connectivity index (χ3n) is 3.47. The summed E-state index contributed by atoms with van der Waals surface area (Å²) in [5.74, 6) is -0.791. The number of methoxy groups -OCH3 is 1. The Morgan fingerprint density at radius 3 is 2.55 bits per heavy atom. The minimum Gasteiger partial charge on any atom is -0.411 e. The van der Waals surface area contributed by atoms with E-state index < -0.39 is 30.4 Å². The van der Waals surface area contributed by atoms with Gasteiger partial charge in [-0.05, 0) is 13.8 Å². The van der Waals surface area contributed by atoms with Gasteiger partial charge in [-0.25, -0.2) is 0 Å². The highest BCUT2D eigenvalue weighted by Gasteiger charge is 2.57. The molecule has 20 heavy (non-hydrogen) atoms. The number of nitrogens with zero attached hydrogens (tertiary/aromatic N) is 1. The predicted octanol–water partition coefficient (Wildman–Crippen LogP) is 1.08. The average molecular weight is 287 g/mol. The van der Waals surface area contributed by atoms with Crippen molar-refractivity contribution >= 4 is 11.5 Å². The number of ether oxygens (including phenoxy) is 4. The molecule has 1 N–H and O–H groups in total. The van der Waals surface area contributed by atoms with Gasteiger partial charge in [0, 0.05) is 13.5 Å². The Bertz CT molecular complexity index is 408. The zero-order valence-corrected chi connectivity index (χ0v) is 12.2. The molecule has 2 aliphatic heterocycles. The van der Waals surface area contributed by atoms with Gasteiger partial charge in [0.25, 0.3) is 0 Å². The standard InChI is InChI=1S/C13H21NO6/c1-5-7(15)6-8(14-16)9-10-11(12(17-4)18-9)20-13(2,3)19-10/h9-12,16H,5-6H2,1-4H3/t9-,10-,11-,12-/m1/s1. The van der Waals surface area contributed by atoms with Crippen molar-refractivity contribution < 1.29 is 28.9 Å². The highest BCUT2D eigenvalue weighted by Crippen LogP contribution is 2.39. The maximum atomic E-state index is 11.6. The second-order valence-corrected chi connectivity index (χ2v) is 5.39. The fraction of sp³-hybridized carbons (Fsp3) is 0.846. The van der Waals surface area contributed by atoms with Gasteiger partial charge in [-0.3, -0.25) is 4.79 Å². The number of oxime groups is 1. The second kappa shape index (κ2) is 5.77. The van der Waals surface area contributed by atoms with E-state index in [-0.39, 0.29) is 17.9 Å². The normalized spacial score (nSPS) is 36.1. The number of carbonyl (C=O) groups excluding carboxylic acids is 1. The fourth-order valence-corrected chi connectivity index (χ4v) is 2.54. The zero-order chi connectivity index (χ0) is 14.9. The van der Waals surface area contributed by atoms with Crippen LogP contribution in [-0.2, 0) is 23.7 Å². The van der Waals surface area contributed by atoms with Crippen molar-refractivity contribution in [3.63, 3.8) is 0 Å². The topological polar surface area (TPSA) is 86.6 Å². The van der Waals surface area contributed by atoms with Gasteiger partial charge in [0.1, 0.15) is 24.1 Å². The molecule has 2 saturated heterocycles. The van der Waals surface area contributed by atoms with Crippen LogP contribution in [0.15, 0.2) is 5.16 Å². The largest absolute Gasteiger partial charge is 0.411 e. The fourth-order valence-electron chi connectivity index (χ4n) is 2.54. The van der Waals surface area contributed by atoms with E-state index in [0.29, 0.717) is 6.42 Å². The first-order valence-electron chi connectivity index (χ1n) is 6.68. The Kier molecular flexibility index (Phi) is 4.43. The van der Waals surface area contributed by atoms with Gasteiger partial charge in [0.15, 0.2) is 12.1 Å². The van der Waals surface area contributed by atoms with Gasteiger partial charge in [0.05, 0.1) is 12.1 Å². The Morgan fingerprint density at radius 1 is 1.35 bits per heavy atom. The van der Waals surface area contributed by atoms with Crippen LogP contribution in [0.5, 0.6) is 0 Å². The quantitative estimate of drug-likeness (QED) is 0.462. The first-order chi connectivity index (χ1) is 9.41. The summed E-state index contributed by atoms with van der Waals surface area (Å²) < 4.78 is 22.4. The molecule has 2 rings (SSSR count). The number of carbonyl (C=O) groups is 1. The summed E-state index contributed by atoms with van der Waals surface area (Å²) in [7, 11) is 1.51. The molecule has 0 radical (unpaired) electrons. The van der Waals surface area contributed by atoms with Crippen LogP contribution in [0.3, 0.4) is 0 Å². The van der Waals surface area contributed by atoms with Crippen molar-refractivity contribution in [1.82, 2.24) is 0 Å². The van der Waals surface area contributed by atoms with Gasteiger partial charge in [-0.2, -0.15) is 0 Å². The Hall–Kier alpha value is -1.02. The zero-order valence-electron chi connectivity index (χ0n) is 12.2. The molecule has 0 bridgehead atoms. The highest BCUT2D eigenvalue weighted by molar-refractivity contribution is 6.04. The van der Waals surface area contributed by atoms with Crippen LogP contribution in [0.1, 0.15) is 33.6 Å². The van der Waals surface area contributed by atoms with Crippen molar-refractivity contribution in [2.75, 3.05) is 7.11 Å². The van der Waals surface area contributed by atoms with Crippen LogP contribution in [0.25, 0.3) is 0 Å². The van der Waals surface area contributed by atoms with Gasteiger partial charge < -0.3 is 24.2 Å². The first kappa shape index (κ1) is 15.4. The molecule has 0 aliphatic carbocycles. The lowest BCUT2D eigenvalue weighted by molar-refractivity contribution is -0.219. The molecule has 0 aromatic rings. The summed E-state index contributed by atoms with van der Waals surface area (Å²) in [5, 5.41) is 12.4. The molecule has 0 aromatic carbocycles. The molecular formula is C13H21NO6. The minimum absolute atomic E-state index is 0.0289. The predicted molar refractivity (Wildman–Crippen MR) is 68.6 cm³/mol. The van der Waals surface area contributed by atoms with Crippen molar-refractivity contribution in [3.8, 4) is 0 Å². The third-order valence-corrected chi connectivity index (χ3v) is 3.47. The number of hydrogen-bond donors (Lipinski definition) is 1. The smallest absolute Gasteiger partial charge is 0.187 e. The van der Waals surface area contributed by atoms with E-state index in [1.807, 2.05) is 0 Å². The second-order valence-electron chi connectivity index (χ2n) is 5.39. The Morgan fingerprint density at radius 2 is 2.00 bits per heavy atom. The van der Waals surface area contributed by atoms with Crippen molar-refractivity contribution in [1.29, 1.82) is 0 Å². The summed E-state index contributed by atoms with van der Waals surface area (Å²) in [4.78, 5) is 11.6. The van der Waals surface area contributed by atoms with E-state index in [2.05, 4.69) is 5.16 Å². The summed E-state index contributed by atoms with van der Waals surface area (Å²) in [6.45, 7) is 5.34. The lowest BCUT2D eigenvalue weighted by atomic mass is 10.0. The molecule has 0 unspecified atom stereocenters. The molecule has 7 heteroatoms.